The first-order chi connectivity index (χ1) is 8.78. The maximum atomic E-state index is 11.1. The van der Waals surface area contributed by atoms with E-state index in [-0.39, 0.29) is 6.03 Å². The molecule has 5 nitrogen and oxygen atoms in total. The van der Waals surface area contributed by atoms with Crippen molar-refractivity contribution in [1.82, 2.24) is 10.3 Å². The van der Waals surface area contributed by atoms with Crippen LogP contribution in [0.15, 0.2) is 48.7 Å². The SMILES string of the molecule is CNC(=O)Nc1ccc(Oc2ccccc2)nc1. The molecule has 2 rings (SSSR count). The number of nitrogens with one attached hydrogen (secondary N) is 2. The summed E-state index contributed by atoms with van der Waals surface area (Å²) >= 11 is 0. The molecule has 0 radical (unpaired) electrons. The van der Waals surface area contributed by atoms with Crippen molar-refractivity contribution in [3.05, 3.63) is 48.7 Å². The second-order valence-corrected chi connectivity index (χ2v) is 3.50. The fraction of sp³-hybridized carbons (Fsp3) is 0.0769. The summed E-state index contributed by atoms with van der Waals surface area (Å²) in [5.41, 5.74) is 0.606. The van der Waals surface area contributed by atoms with Crippen molar-refractivity contribution in [1.29, 1.82) is 0 Å². The molecular formula is C13H13N3O2. The smallest absolute Gasteiger partial charge is 0.319 e. The summed E-state index contributed by atoms with van der Waals surface area (Å²) in [6, 6.07) is 12.5. The van der Waals surface area contributed by atoms with E-state index in [1.54, 1.807) is 19.2 Å². The van der Waals surface area contributed by atoms with Crippen molar-refractivity contribution < 1.29 is 9.53 Å². The summed E-state index contributed by atoms with van der Waals surface area (Å²) in [4.78, 5) is 15.2. The van der Waals surface area contributed by atoms with Crippen LogP contribution in [0.25, 0.3) is 0 Å². The lowest BCUT2D eigenvalue weighted by Crippen LogP contribution is -2.24. The third kappa shape index (κ3) is 3.21. The van der Waals surface area contributed by atoms with Crippen molar-refractivity contribution in [3.8, 4) is 11.6 Å². The number of ether oxygens (including phenoxy) is 1. The largest absolute Gasteiger partial charge is 0.439 e. The molecule has 0 saturated carbocycles. The predicted octanol–water partition coefficient (Wildman–Crippen LogP) is 2.63. The van der Waals surface area contributed by atoms with E-state index in [1.807, 2.05) is 30.3 Å². The Kier molecular flexibility index (Phi) is 3.76. The molecule has 0 spiro atoms. The number of amides is 2. The zero-order chi connectivity index (χ0) is 12.8. The Bertz CT molecular complexity index is 512. The van der Waals surface area contributed by atoms with E-state index in [1.165, 1.54) is 6.20 Å². The summed E-state index contributed by atoms with van der Waals surface area (Å²) < 4.78 is 5.53. The van der Waals surface area contributed by atoms with Gasteiger partial charge in [0.25, 0.3) is 0 Å². The third-order valence-corrected chi connectivity index (χ3v) is 2.19. The van der Waals surface area contributed by atoms with E-state index in [9.17, 15) is 4.79 Å². The van der Waals surface area contributed by atoms with E-state index in [0.717, 1.165) is 5.75 Å². The first-order valence-electron chi connectivity index (χ1n) is 5.45. The molecule has 1 heterocycles. The molecule has 2 amide bonds. The molecule has 1 aromatic carbocycles. The lowest BCUT2D eigenvalue weighted by Gasteiger charge is -2.06. The van der Waals surface area contributed by atoms with E-state index >= 15 is 0 Å². The number of anilines is 1. The molecular weight excluding hydrogens is 230 g/mol. The number of benzene rings is 1. The molecule has 5 heteroatoms. The molecule has 0 aliphatic carbocycles. The van der Waals surface area contributed by atoms with Crippen molar-refractivity contribution in [2.24, 2.45) is 0 Å². The normalized spacial score (nSPS) is 9.61. The van der Waals surface area contributed by atoms with Gasteiger partial charge in [-0.25, -0.2) is 9.78 Å². The highest BCUT2D eigenvalue weighted by Gasteiger charge is 2.01. The molecule has 2 aromatic rings. The number of aromatic nitrogens is 1. The van der Waals surface area contributed by atoms with Gasteiger partial charge in [0.15, 0.2) is 0 Å². The Morgan fingerprint density at radius 2 is 1.94 bits per heavy atom. The van der Waals surface area contributed by atoms with Gasteiger partial charge in [-0.3, -0.25) is 0 Å². The monoisotopic (exact) mass is 243 g/mol. The first-order valence-corrected chi connectivity index (χ1v) is 5.45. The number of carbonyl (C=O) groups excluding carboxylic acids is 1. The van der Waals surface area contributed by atoms with Crippen LogP contribution >= 0.6 is 0 Å². The number of rotatable bonds is 3. The number of hydrogen-bond donors (Lipinski definition) is 2. The third-order valence-electron chi connectivity index (χ3n) is 2.19. The number of urea groups is 1. The van der Waals surface area contributed by atoms with Gasteiger partial charge in [-0.1, -0.05) is 18.2 Å². The van der Waals surface area contributed by atoms with Crippen molar-refractivity contribution in [2.75, 3.05) is 12.4 Å². The number of hydrogen-bond acceptors (Lipinski definition) is 3. The molecule has 18 heavy (non-hydrogen) atoms. The molecule has 92 valence electrons. The summed E-state index contributed by atoms with van der Waals surface area (Å²) in [7, 11) is 1.55. The quantitative estimate of drug-likeness (QED) is 0.871. The second-order valence-electron chi connectivity index (χ2n) is 3.50. The van der Waals surface area contributed by atoms with Crippen LogP contribution in [0, 0.1) is 0 Å². The fourth-order valence-corrected chi connectivity index (χ4v) is 1.32. The van der Waals surface area contributed by atoms with Gasteiger partial charge in [-0.15, -0.1) is 0 Å². The Morgan fingerprint density at radius 3 is 2.56 bits per heavy atom. The Labute approximate surface area is 105 Å². The van der Waals surface area contributed by atoms with Crippen LogP contribution in [-0.2, 0) is 0 Å². The minimum absolute atomic E-state index is 0.284. The minimum atomic E-state index is -0.284. The maximum absolute atomic E-state index is 11.1. The van der Waals surface area contributed by atoms with Crippen molar-refractivity contribution in [3.63, 3.8) is 0 Å². The number of para-hydroxylation sites is 1. The van der Waals surface area contributed by atoms with Gasteiger partial charge in [-0.05, 0) is 18.2 Å². The van der Waals surface area contributed by atoms with E-state index in [4.69, 9.17) is 4.74 Å². The minimum Gasteiger partial charge on any atom is -0.439 e. The molecule has 2 N–H and O–H groups in total. The number of nitrogens with zero attached hydrogens (tertiary/aromatic N) is 1. The zero-order valence-corrected chi connectivity index (χ0v) is 9.88. The van der Waals surface area contributed by atoms with Crippen LogP contribution in [0.2, 0.25) is 0 Å². The molecule has 0 saturated heterocycles. The highest BCUT2D eigenvalue weighted by molar-refractivity contribution is 5.88. The summed E-state index contributed by atoms with van der Waals surface area (Å²) in [5.74, 6) is 1.20. The van der Waals surface area contributed by atoms with Crippen LogP contribution in [0.5, 0.6) is 11.6 Å². The fourth-order valence-electron chi connectivity index (χ4n) is 1.32. The van der Waals surface area contributed by atoms with Crippen LogP contribution in [-0.4, -0.2) is 18.1 Å². The van der Waals surface area contributed by atoms with Crippen molar-refractivity contribution >= 4 is 11.7 Å². The Morgan fingerprint density at radius 1 is 1.17 bits per heavy atom. The maximum Gasteiger partial charge on any atom is 0.319 e. The van der Waals surface area contributed by atoms with Crippen LogP contribution in [0.1, 0.15) is 0 Å². The molecule has 0 bridgehead atoms. The molecule has 0 aliphatic rings. The van der Waals surface area contributed by atoms with E-state index in [2.05, 4.69) is 15.6 Å². The van der Waals surface area contributed by atoms with Crippen LogP contribution in [0.4, 0.5) is 10.5 Å². The predicted molar refractivity (Wildman–Crippen MR) is 68.8 cm³/mol. The zero-order valence-electron chi connectivity index (χ0n) is 9.88. The number of pyridine rings is 1. The average Bonchev–Trinajstić information content (AvgIpc) is 2.42. The second kappa shape index (κ2) is 5.67. The highest BCUT2D eigenvalue weighted by Crippen LogP contribution is 2.19. The molecule has 0 atom stereocenters. The lowest BCUT2D eigenvalue weighted by molar-refractivity contribution is 0.254. The van der Waals surface area contributed by atoms with Gasteiger partial charge in [0.05, 0.1) is 11.9 Å². The molecule has 0 unspecified atom stereocenters. The number of carbonyl (C=O) groups is 1. The highest BCUT2D eigenvalue weighted by atomic mass is 16.5. The van der Waals surface area contributed by atoms with Crippen LogP contribution < -0.4 is 15.4 Å². The van der Waals surface area contributed by atoms with Gasteiger partial charge >= 0.3 is 6.03 Å². The molecule has 0 aliphatic heterocycles. The molecule has 0 fully saturated rings. The standard InChI is InChI=1S/C13H13N3O2/c1-14-13(17)16-10-7-8-12(15-9-10)18-11-5-3-2-4-6-11/h2-9H,1H3,(H2,14,16,17). The van der Waals surface area contributed by atoms with Crippen LogP contribution in [0.3, 0.4) is 0 Å². The topological polar surface area (TPSA) is 63.2 Å². The Hall–Kier alpha value is -2.56. The van der Waals surface area contributed by atoms with Gasteiger partial charge in [0, 0.05) is 13.1 Å². The first kappa shape index (κ1) is 11.9. The van der Waals surface area contributed by atoms with E-state index in [0.29, 0.717) is 11.6 Å². The van der Waals surface area contributed by atoms with Crippen molar-refractivity contribution in [2.45, 2.75) is 0 Å². The summed E-state index contributed by atoms with van der Waals surface area (Å²) in [6.07, 6.45) is 1.54. The van der Waals surface area contributed by atoms with Gasteiger partial charge in [0.2, 0.25) is 5.88 Å². The summed E-state index contributed by atoms with van der Waals surface area (Å²) in [5, 5.41) is 5.07. The molecule has 1 aromatic heterocycles. The van der Waals surface area contributed by atoms with Gasteiger partial charge in [0.1, 0.15) is 5.75 Å². The van der Waals surface area contributed by atoms with Gasteiger partial charge in [-0.2, -0.15) is 0 Å². The van der Waals surface area contributed by atoms with E-state index < -0.39 is 0 Å². The van der Waals surface area contributed by atoms with Gasteiger partial charge < -0.3 is 15.4 Å². The lowest BCUT2D eigenvalue weighted by atomic mass is 10.3. The summed E-state index contributed by atoms with van der Waals surface area (Å²) in [6.45, 7) is 0. The average molecular weight is 243 g/mol. The Balaban J connectivity index is 2.02.